The van der Waals surface area contributed by atoms with E-state index in [1.54, 1.807) is 55.7 Å². The fourth-order valence-electron chi connectivity index (χ4n) is 2.41. The van der Waals surface area contributed by atoms with Crippen LogP contribution in [0.3, 0.4) is 0 Å². The monoisotopic (exact) mass is 351 g/mol. The van der Waals surface area contributed by atoms with E-state index in [1.807, 2.05) is 30.3 Å². The normalized spacial score (nSPS) is 12.0. The molecule has 3 aromatic rings. The van der Waals surface area contributed by atoms with Crippen molar-refractivity contribution >= 4 is 15.7 Å². The molecule has 0 aliphatic carbocycles. The van der Waals surface area contributed by atoms with Crippen molar-refractivity contribution in [2.45, 2.75) is 11.8 Å². The predicted molar refractivity (Wildman–Crippen MR) is 97.8 cm³/mol. The van der Waals surface area contributed by atoms with Gasteiger partial charge in [0.25, 0.3) is 10.0 Å². The summed E-state index contributed by atoms with van der Waals surface area (Å²) in [6.07, 6.45) is 3.28. The topological polar surface area (TPSA) is 71.4 Å². The van der Waals surface area contributed by atoms with Crippen molar-refractivity contribution in [3.8, 4) is 0 Å². The van der Waals surface area contributed by atoms with Crippen LogP contribution in [0.5, 0.6) is 0 Å². The molecule has 2 aromatic carbocycles. The third-order valence-corrected chi connectivity index (χ3v) is 5.03. The summed E-state index contributed by atoms with van der Waals surface area (Å²) < 4.78 is 25.2. The molecule has 0 bridgehead atoms. The Morgan fingerprint density at radius 1 is 0.880 bits per heavy atom. The average Bonchev–Trinajstić information content (AvgIpc) is 2.64. The first kappa shape index (κ1) is 16.9. The second-order valence-electron chi connectivity index (χ2n) is 5.42. The van der Waals surface area contributed by atoms with Gasteiger partial charge >= 0.3 is 0 Å². The molecule has 5 nitrogen and oxygen atoms in total. The summed E-state index contributed by atoms with van der Waals surface area (Å²) in [5, 5.41) is 4.20. The Hall–Kier alpha value is -2.99. The molecule has 25 heavy (non-hydrogen) atoms. The molecule has 0 atom stereocenters. The van der Waals surface area contributed by atoms with Crippen LogP contribution in [0.1, 0.15) is 16.7 Å². The molecule has 0 spiro atoms. The van der Waals surface area contributed by atoms with Crippen molar-refractivity contribution in [1.29, 1.82) is 0 Å². The van der Waals surface area contributed by atoms with E-state index in [9.17, 15) is 8.42 Å². The maximum atomic E-state index is 12.6. The number of nitrogens with zero attached hydrogens (tertiary/aromatic N) is 2. The summed E-state index contributed by atoms with van der Waals surface area (Å²) >= 11 is 0. The number of aromatic nitrogens is 1. The zero-order valence-electron chi connectivity index (χ0n) is 13.6. The number of hydrogen-bond acceptors (Lipinski definition) is 4. The van der Waals surface area contributed by atoms with Crippen molar-refractivity contribution in [2.24, 2.45) is 5.10 Å². The van der Waals surface area contributed by atoms with Crippen LogP contribution in [0.2, 0.25) is 0 Å². The van der Waals surface area contributed by atoms with Crippen molar-refractivity contribution in [3.63, 3.8) is 0 Å². The first-order valence-corrected chi connectivity index (χ1v) is 9.17. The number of hydrazone groups is 1. The summed E-state index contributed by atoms with van der Waals surface area (Å²) in [7, 11) is -3.76. The first-order chi connectivity index (χ1) is 12.1. The number of benzene rings is 2. The molecule has 6 heteroatoms. The predicted octanol–water partition coefficient (Wildman–Crippen LogP) is 3.12. The van der Waals surface area contributed by atoms with Crippen LogP contribution in [0.15, 0.2) is 89.1 Å². The molecule has 1 N–H and O–H groups in total. The molecule has 0 saturated heterocycles. The van der Waals surface area contributed by atoms with Gasteiger partial charge in [0.05, 0.1) is 10.6 Å². The van der Waals surface area contributed by atoms with Gasteiger partial charge in [-0.25, -0.2) is 0 Å². The number of nitrogens with one attached hydrogen (secondary N) is 1. The molecular weight excluding hydrogens is 334 g/mol. The third kappa shape index (κ3) is 3.92. The summed E-state index contributed by atoms with van der Waals surface area (Å²) in [6, 6.07) is 19.8. The molecule has 1 heterocycles. The standard InChI is InChI=1S/C19H17N3O2S/c1-15-7-5-6-10-18(15)25(23,24)22-21-19(16-8-3-2-4-9-16)17-11-13-20-14-12-17/h2-14,22H,1H3/b21-19+. The van der Waals surface area contributed by atoms with Crippen molar-refractivity contribution in [1.82, 2.24) is 9.82 Å². The van der Waals surface area contributed by atoms with E-state index in [-0.39, 0.29) is 4.90 Å². The van der Waals surface area contributed by atoms with Gasteiger partial charge in [0.2, 0.25) is 0 Å². The Labute approximate surface area is 147 Å². The summed E-state index contributed by atoms with van der Waals surface area (Å²) in [5.74, 6) is 0. The van der Waals surface area contributed by atoms with Crippen LogP contribution >= 0.6 is 0 Å². The van der Waals surface area contributed by atoms with Crippen LogP contribution in [-0.2, 0) is 10.0 Å². The van der Waals surface area contributed by atoms with Gasteiger partial charge in [-0.2, -0.15) is 18.4 Å². The molecule has 0 aliphatic heterocycles. The molecule has 0 fully saturated rings. The van der Waals surface area contributed by atoms with Crippen LogP contribution < -0.4 is 4.83 Å². The Morgan fingerprint density at radius 3 is 2.16 bits per heavy atom. The van der Waals surface area contributed by atoms with Gasteiger partial charge in [-0.15, -0.1) is 0 Å². The highest BCUT2D eigenvalue weighted by Crippen LogP contribution is 2.15. The van der Waals surface area contributed by atoms with Gasteiger partial charge in [-0.3, -0.25) is 4.98 Å². The van der Waals surface area contributed by atoms with Gasteiger partial charge in [0.1, 0.15) is 0 Å². The number of rotatable bonds is 5. The second-order valence-corrected chi connectivity index (χ2v) is 7.05. The largest absolute Gasteiger partial charge is 0.276 e. The highest BCUT2D eigenvalue weighted by molar-refractivity contribution is 7.89. The Morgan fingerprint density at radius 2 is 1.48 bits per heavy atom. The van der Waals surface area contributed by atoms with Gasteiger partial charge in [-0.1, -0.05) is 48.5 Å². The van der Waals surface area contributed by atoms with Crippen LogP contribution in [-0.4, -0.2) is 19.1 Å². The lowest BCUT2D eigenvalue weighted by molar-refractivity contribution is 0.584. The number of aryl methyl sites for hydroxylation is 1. The van der Waals surface area contributed by atoms with Crippen LogP contribution in [0.4, 0.5) is 0 Å². The minimum atomic E-state index is -3.76. The van der Waals surface area contributed by atoms with Crippen LogP contribution in [0, 0.1) is 6.92 Å². The molecule has 1 aromatic heterocycles. The fourth-order valence-corrected chi connectivity index (χ4v) is 3.47. The second kappa shape index (κ2) is 7.27. The van der Waals surface area contributed by atoms with Gasteiger partial charge in [0.15, 0.2) is 0 Å². The van der Waals surface area contributed by atoms with Gasteiger partial charge in [0, 0.05) is 23.5 Å². The average molecular weight is 351 g/mol. The maximum absolute atomic E-state index is 12.6. The molecule has 126 valence electrons. The van der Waals surface area contributed by atoms with E-state index in [1.165, 1.54) is 0 Å². The smallest absolute Gasteiger partial charge is 0.265 e. The lowest BCUT2D eigenvalue weighted by Crippen LogP contribution is -2.22. The highest BCUT2D eigenvalue weighted by Gasteiger charge is 2.16. The highest BCUT2D eigenvalue weighted by atomic mass is 32.2. The fraction of sp³-hybridized carbons (Fsp3) is 0.0526. The quantitative estimate of drug-likeness (QED) is 0.567. The number of pyridine rings is 1. The summed E-state index contributed by atoms with van der Waals surface area (Å²) in [4.78, 5) is 6.56. The maximum Gasteiger partial charge on any atom is 0.276 e. The Balaban J connectivity index is 2.01. The molecule has 0 unspecified atom stereocenters. The molecule has 0 radical (unpaired) electrons. The van der Waals surface area contributed by atoms with E-state index in [4.69, 9.17) is 0 Å². The van der Waals surface area contributed by atoms with E-state index in [0.29, 0.717) is 11.3 Å². The molecular formula is C19H17N3O2S. The number of sulfonamides is 1. The van der Waals surface area contributed by atoms with E-state index >= 15 is 0 Å². The molecule has 3 rings (SSSR count). The van der Waals surface area contributed by atoms with E-state index < -0.39 is 10.0 Å². The van der Waals surface area contributed by atoms with E-state index in [0.717, 1.165) is 11.1 Å². The summed E-state index contributed by atoms with van der Waals surface area (Å²) in [6.45, 7) is 1.75. The third-order valence-electron chi connectivity index (χ3n) is 3.66. The number of hydrogen-bond donors (Lipinski definition) is 1. The van der Waals surface area contributed by atoms with Crippen molar-refractivity contribution < 1.29 is 8.42 Å². The zero-order valence-corrected chi connectivity index (χ0v) is 14.4. The lowest BCUT2D eigenvalue weighted by Gasteiger charge is -2.10. The van der Waals surface area contributed by atoms with Crippen LogP contribution in [0.25, 0.3) is 0 Å². The minimum absolute atomic E-state index is 0.209. The zero-order chi connectivity index (χ0) is 17.7. The minimum Gasteiger partial charge on any atom is -0.265 e. The Bertz CT molecular complexity index is 944. The lowest BCUT2D eigenvalue weighted by atomic mass is 10.0. The SMILES string of the molecule is Cc1ccccc1S(=O)(=O)N/N=C(\c1ccccc1)c1ccncc1. The first-order valence-electron chi connectivity index (χ1n) is 7.69. The van der Waals surface area contributed by atoms with Crippen molar-refractivity contribution in [2.75, 3.05) is 0 Å². The van der Waals surface area contributed by atoms with E-state index in [2.05, 4.69) is 14.9 Å². The Kier molecular flexibility index (Phi) is 4.90. The molecule has 0 saturated carbocycles. The molecule has 0 aliphatic rings. The summed E-state index contributed by atoms with van der Waals surface area (Å²) in [5.41, 5.74) is 2.77. The molecule has 0 amide bonds. The van der Waals surface area contributed by atoms with Gasteiger partial charge < -0.3 is 0 Å². The van der Waals surface area contributed by atoms with Crippen molar-refractivity contribution in [3.05, 3.63) is 95.8 Å². The van der Waals surface area contributed by atoms with Gasteiger partial charge in [-0.05, 0) is 30.7 Å².